The van der Waals surface area contributed by atoms with Gasteiger partial charge in [-0.25, -0.2) is 0 Å². The molecule has 76 heavy (non-hydrogen) atoms. The Morgan fingerprint density at radius 2 is 0.539 bits per heavy atom. The van der Waals surface area contributed by atoms with Crippen molar-refractivity contribution in [3.63, 3.8) is 0 Å². The van der Waals surface area contributed by atoms with E-state index in [4.69, 9.17) is 4.74 Å². The van der Waals surface area contributed by atoms with Gasteiger partial charge in [0.2, 0.25) is 5.91 Å². The van der Waals surface area contributed by atoms with E-state index in [9.17, 15) is 19.8 Å². The van der Waals surface area contributed by atoms with Gasteiger partial charge in [-0.15, -0.1) is 0 Å². The van der Waals surface area contributed by atoms with Crippen molar-refractivity contribution in [1.29, 1.82) is 0 Å². The Morgan fingerprint density at radius 3 is 0.803 bits per heavy atom. The van der Waals surface area contributed by atoms with Crippen molar-refractivity contribution in [2.45, 2.75) is 424 Å². The van der Waals surface area contributed by atoms with Gasteiger partial charge in [0.05, 0.1) is 25.4 Å². The molecule has 0 aromatic carbocycles. The van der Waals surface area contributed by atoms with E-state index in [2.05, 4.69) is 19.2 Å². The van der Waals surface area contributed by atoms with E-state index in [1.54, 1.807) is 0 Å². The number of carbonyl (C=O) groups is 2. The quantitative estimate of drug-likeness (QED) is 0.0417. The average Bonchev–Trinajstić information content (AvgIpc) is 3.42. The molecular formula is C70H139NO5. The molecule has 0 aromatic rings. The van der Waals surface area contributed by atoms with Gasteiger partial charge in [-0.2, -0.15) is 0 Å². The van der Waals surface area contributed by atoms with Crippen molar-refractivity contribution in [1.82, 2.24) is 5.32 Å². The summed E-state index contributed by atoms with van der Waals surface area (Å²) in [6.07, 6.45) is 80.4. The van der Waals surface area contributed by atoms with Crippen molar-refractivity contribution >= 4 is 11.9 Å². The van der Waals surface area contributed by atoms with Gasteiger partial charge in [-0.3, -0.25) is 9.59 Å². The van der Waals surface area contributed by atoms with Gasteiger partial charge >= 0.3 is 5.97 Å². The third kappa shape index (κ3) is 62.1. The number of hydrogen-bond donors (Lipinski definition) is 3. The molecule has 0 saturated heterocycles. The highest BCUT2D eigenvalue weighted by Gasteiger charge is 2.20. The molecule has 0 spiro atoms. The van der Waals surface area contributed by atoms with Gasteiger partial charge < -0.3 is 20.3 Å². The fraction of sp³-hybridized carbons (Fsp3) is 0.971. The SMILES string of the molecule is CCCCCCCCCCCCCCCCCCCC(=O)OCCCCCCCCCCCCCCCCCCCCCCCCCCCCCCCCCCCC(=O)NC(CO)C(O)CCCCCCCCCCC. The van der Waals surface area contributed by atoms with Crippen LogP contribution in [0.5, 0.6) is 0 Å². The number of unbranched alkanes of at least 4 members (excludes halogenated alkanes) is 56. The minimum absolute atomic E-state index is 0.0267. The molecule has 0 aliphatic rings. The van der Waals surface area contributed by atoms with Crippen LogP contribution in [0, 0.1) is 0 Å². The summed E-state index contributed by atoms with van der Waals surface area (Å²) < 4.78 is 5.51. The van der Waals surface area contributed by atoms with Crippen LogP contribution in [0.4, 0.5) is 0 Å². The molecule has 0 bridgehead atoms. The van der Waals surface area contributed by atoms with E-state index in [1.165, 1.54) is 340 Å². The minimum Gasteiger partial charge on any atom is -0.466 e. The van der Waals surface area contributed by atoms with Crippen LogP contribution in [0.3, 0.4) is 0 Å². The normalized spacial score (nSPS) is 12.4. The summed E-state index contributed by atoms with van der Waals surface area (Å²) in [6.45, 7) is 4.98. The van der Waals surface area contributed by atoms with Gasteiger partial charge in [-0.1, -0.05) is 373 Å². The number of rotatable bonds is 67. The number of ether oxygens (including phenoxy) is 1. The maximum atomic E-state index is 12.4. The molecule has 0 fully saturated rings. The van der Waals surface area contributed by atoms with Crippen LogP contribution < -0.4 is 5.32 Å². The fourth-order valence-electron chi connectivity index (χ4n) is 11.5. The molecule has 0 aromatic heterocycles. The van der Waals surface area contributed by atoms with Gasteiger partial charge in [0.1, 0.15) is 0 Å². The number of aliphatic hydroxyl groups excluding tert-OH is 2. The second-order valence-electron chi connectivity index (χ2n) is 24.6. The Kier molecular flexibility index (Phi) is 65.4. The number of esters is 1. The predicted molar refractivity (Wildman–Crippen MR) is 334 cm³/mol. The van der Waals surface area contributed by atoms with Crippen molar-refractivity contribution < 1.29 is 24.5 Å². The maximum Gasteiger partial charge on any atom is 0.305 e. The van der Waals surface area contributed by atoms with E-state index in [0.717, 1.165) is 38.5 Å². The molecule has 454 valence electrons. The van der Waals surface area contributed by atoms with Crippen LogP contribution in [-0.4, -0.2) is 47.4 Å². The monoisotopic (exact) mass is 1070 g/mol. The van der Waals surface area contributed by atoms with Gasteiger partial charge in [0.15, 0.2) is 0 Å². The third-order valence-corrected chi connectivity index (χ3v) is 16.9. The first-order chi connectivity index (χ1) is 37.5. The molecular weight excluding hydrogens is 935 g/mol. The summed E-state index contributed by atoms with van der Waals surface area (Å²) in [5.74, 6) is -0.00343. The summed E-state index contributed by atoms with van der Waals surface area (Å²) in [7, 11) is 0. The second kappa shape index (κ2) is 66.4. The number of aliphatic hydroxyl groups is 2. The Labute approximate surface area is 476 Å². The Balaban J connectivity index is 3.26. The van der Waals surface area contributed by atoms with Crippen LogP contribution in [0.2, 0.25) is 0 Å². The Hall–Kier alpha value is -1.14. The first-order valence-electron chi connectivity index (χ1n) is 35.3. The van der Waals surface area contributed by atoms with Crippen molar-refractivity contribution in [2.75, 3.05) is 13.2 Å². The van der Waals surface area contributed by atoms with E-state index in [0.29, 0.717) is 25.9 Å². The number of carbonyl (C=O) groups excluding carboxylic acids is 2. The van der Waals surface area contributed by atoms with E-state index in [1.807, 2.05) is 0 Å². The highest BCUT2D eigenvalue weighted by Crippen LogP contribution is 2.20. The highest BCUT2D eigenvalue weighted by atomic mass is 16.5. The highest BCUT2D eigenvalue weighted by molar-refractivity contribution is 5.76. The molecule has 6 heteroatoms. The van der Waals surface area contributed by atoms with Crippen LogP contribution >= 0.6 is 0 Å². The molecule has 0 rings (SSSR count). The van der Waals surface area contributed by atoms with E-state index < -0.39 is 12.1 Å². The molecule has 0 aliphatic heterocycles. The average molecular weight is 1070 g/mol. The fourth-order valence-corrected chi connectivity index (χ4v) is 11.5. The summed E-state index contributed by atoms with van der Waals surface area (Å²) in [5.41, 5.74) is 0. The largest absolute Gasteiger partial charge is 0.466 e. The molecule has 0 saturated carbocycles. The second-order valence-corrected chi connectivity index (χ2v) is 24.6. The zero-order chi connectivity index (χ0) is 55.0. The van der Waals surface area contributed by atoms with E-state index >= 15 is 0 Å². The molecule has 3 N–H and O–H groups in total. The van der Waals surface area contributed by atoms with E-state index in [-0.39, 0.29) is 18.5 Å². The standard InChI is InChI=1S/C70H139NO5/c1-3-5-7-9-11-13-14-15-16-34-38-41-44-48-52-56-60-64-70(75)76-65-61-57-53-49-45-42-39-36-33-31-29-27-25-23-21-19-17-18-20-22-24-26-28-30-32-35-37-40-43-47-51-55-59-63-69(74)71-67(66-72)68(73)62-58-54-50-46-12-10-8-6-4-2/h67-68,72-73H,3-66H2,1-2H3,(H,71,74). The number of nitrogens with one attached hydrogen (secondary N) is 1. The summed E-state index contributed by atoms with van der Waals surface area (Å²) in [5, 5.41) is 23.1. The molecule has 2 atom stereocenters. The zero-order valence-corrected chi connectivity index (χ0v) is 52.0. The predicted octanol–water partition coefficient (Wildman–Crippen LogP) is 22.6. The van der Waals surface area contributed by atoms with Gasteiger partial charge in [0, 0.05) is 12.8 Å². The first-order valence-corrected chi connectivity index (χ1v) is 35.3. The maximum absolute atomic E-state index is 12.4. The Bertz CT molecular complexity index is 1100. The summed E-state index contributed by atoms with van der Waals surface area (Å²) >= 11 is 0. The van der Waals surface area contributed by atoms with Crippen molar-refractivity contribution in [3.8, 4) is 0 Å². The summed E-state index contributed by atoms with van der Waals surface area (Å²) in [6, 6.07) is -0.534. The molecule has 0 heterocycles. The third-order valence-electron chi connectivity index (χ3n) is 16.9. The molecule has 0 aliphatic carbocycles. The lowest BCUT2D eigenvalue weighted by atomic mass is 10.0. The smallest absolute Gasteiger partial charge is 0.305 e. The lowest BCUT2D eigenvalue weighted by Gasteiger charge is -2.22. The lowest BCUT2D eigenvalue weighted by molar-refractivity contribution is -0.143. The van der Waals surface area contributed by atoms with Crippen LogP contribution in [0.15, 0.2) is 0 Å². The van der Waals surface area contributed by atoms with Crippen LogP contribution in [-0.2, 0) is 14.3 Å². The summed E-state index contributed by atoms with van der Waals surface area (Å²) in [4.78, 5) is 24.5. The topological polar surface area (TPSA) is 95.9 Å². The van der Waals surface area contributed by atoms with Gasteiger partial charge in [-0.05, 0) is 25.7 Å². The van der Waals surface area contributed by atoms with Crippen LogP contribution in [0.25, 0.3) is 0 Å². The van der Waals surface area contributed by atoms with Crippen molar-refractivity contribution in [2.24, 2.45) is 0 Å². The first kappa shape index (κ1) is 74.9. The Morgan fingerprint density at radius 1 is 0.316 bits per heavy atom. The molecule has 6 nitrogen and oxygen atoms in total. The molecule has 2 unspecified atom stereocenters. The molecule has 1 amide bonds. The van der Waals surface area contributed by atoms with Crippen LogP contribution in [0.1, 0.15) is 412 Å². The number of hydrogen-bond acceptors (Lipinski definition) is 5. The van der Waals surface area contributed by atoms with Crippen molar-refractivity contribution in [3.05, 3.63) is 0 Å². The minimum atomic E-state index is -0.657. The lowest BCUT2D eigenvalue weighted by Crippen LogP contribution is -2.45. The zero-order valence-electron chi connectivity index (χ0n) is 52.0. The molecule has 0 radical (unpaired) electrons. The van der Waals surface area contributed by atoms with Gasteiger partial charge in [0.25, 0.3) is 0 Å². The number of amides is 1.